The Morgan fingerprint density at radius 3 is 2.79 bits per heavy atom. The van der Waals surface area contributed by atoms with Crippen molar-refractivity contribution < 1.29 is 4.74 Å². The molecule has 4 heteroatoms. The van der Waals surface area contributed by atoms with E-state index >= 15 is 0 Å². The first kappa shape index (κ1) is 9.91. The Labute approximate surface area is 84.8 Å². The molecule has 0 aromatic carbocycles. The normalized spacial score (nSPS) is 34.2. The SMILES string of the molecule is N#CC1CCCC1NN1CCOCC1. The summed E-state index contributed by atoms with van der Waals surface area (Å²) < 4.78 is 5.27. The molecular formula is C10H17N3O. The van der Waals surface area contributed by atoms with Gasteiger partial charge in [0.05, 0.1) is 25.2 Å². The Morgan fingerprint density at radius 2 is 2.07 bits per heavy atom. The van der Waals surface area contributed by atoms with E-state index in [0.717, 1.165) is 39.1 Å². The molecule has 1 N–H and O–H groups in total. The summed E-state index contributed by atoms with van der Waals surface area (Å²) in [7, 11) is 0. The van der Waals surface area contributed by atoms with Gasteiger partial charge >= 0.3 is 0 Å². The number of hydrazine groups is 1. The van der Waals surface area contributed by atoms with Crippen LogP contribution in [0.2, 0.25) is 0 Å². The molecule has 0 aromatic rings. The second-order valence-electron chi connectivity index (χ2n) is 4.00. The highest BCUT2D eigenvalue weighted by Gasteiger charge is 2.28. The first-order valence-electron chi connectivity index (χ1n) is 5.38. The molecule has 2 rings (SSSR count). The predicted octanol–water partition coefficient (Wildman–Crippen LogP) is 0.515. The molecule has 0 aromatic heterocycles. The van der Waals surface area contributed by atoms with Gasteiger partial charge in [0.1, 0.15) is 0 Å². The molecule has 1 aliphatic heterocycles. The first-order valence-corrected chi connectivity index (χ1v) is 5.38. The van der Waals surface area contributed by atoms with Crippen molar-refractivity contribution >= 4 is 0 Å². The van der Waals surface area contributed by atoms with E-state index in [1.54, 1.807) is 0 Å². The van der Waals surface area contributed by atoms with Crippen LogP contribution >= 0.6 is 0 Å². The van der Waals surface area contributed by atoms with Crippen molar-refractivity contribution in [1.82, 2.24) is 10.4 Å². The zero-order valence-corrected chi connectivity index (χ0v) is 8.41. The molecule has 2 fully saturated rings. The third-order valence-electron chi connectivity index (χ3n) is 3.04. The van der Waals surface area contributed by atoms with E-state index in [4.69, 9.17) is 10.00 Å². The maximum Gasteiger partial charge on any atom is 0.0672 e. The lowest BCUT2D eigenvalue weighted by atomic mass is 10.1. The molecule has 1 saturated carbocycles. The van der Waals surface area contributed by atoms with Crippen LogP contribution in [-0.4, -0.2) is 37.4 Å². The lowest BCUT2D eigenvalue weighted by molar-refractivity contribution is 0.00203. The first-order chi connectivity index (χ1) is 6.90. The van der Waals surface area contributed by atoms with E-state index < -0.39 is 0 Å². The monoisotopic (exact) mass is 195 g/mol. The van der Waals surface area contributed by atoms with E-state index in [2.05, 4.69) is 16.5 Å². The lowest BCUT2D eigenvalue weighted by Gasteiger charge is -2.31. The largest absolute Gasteiger partial charge is 0.379 e. The number of nitrogens with zero attached hydrogens (tertiary/aromatic N) is 2. The summed E-state index contributed by atoms with van der Waals surface area (Å²) in [5.41, 5.74) is 3.45. The molecule has 2 unspecified atom stereocenters. The van der Waals surface area contributed by atoms with Crippen LogP contribution in [0.3, 0.4) is 0 Å². The highest BCUT2D eigenvalue weighted by atomic mass is 16.5. The Bertz CT molecular complexity index is 220. The van der Waals surface area contributed by atoms with E-state index in [-0.39, 0.29) is 5.92 Å². The molecule has 2 aliphatic rings. The maximum atomic E-state index is 8.93. The fourth-order valence-corrected chi connectivity index (χ4v) is 2.20. The van der Waals surface area contributed by atoms with Crippen molar-refractivity contribution in [2.24, 2.45) is 5.92 Å². The molecule has 78 valence electrons. The minimum absolute atomic E-state index is 0.206. The fourth-order valence-electron chi connectivity index (χ4n) is 2.20. The van der Waals surface area contributed by atoms with E-state index in [1.165, 1.54) is 6.42 Å². The smallest absolute Gasteiger partial charge is 0.0672 e. The number of nitrogens with one attached hydrogen (secondary N) is 1. The van der Waals surface area contributed by atoms with Gasteiger partial charge in [-0.1, -0.05) is 6.42 Å². The maximum absolute atomic E-state index is 8.93. The van der Waals surface area contributed by atoms with Crippen molar-refractivity contribution in [2.75, 3.05) is 26.3 Å². The van der Waals surface area contributed by atoms with Gasteiger partial charge in [-0.2, -0.15) is 5.26 Å². The molecule has 0 radical (unpaired) electrons. The summed E-state index contributed by atoms with van der Waals surface area (Å²) in [4.78, 5) is 0. The number of hydrogen-bond donors (Lipinski definition) is 1. The summed E-state index contributed by atoms with van der Waals surface area (Å²) >= 11 is 0. The van der Waals surface area contributed by atoms with Gasteiger partial charge in [0.2, 0.25) is 0 Å². The fraction of sp³-hybridized carbons (Fsp3) is 0.900. The minimum atomic E-state index is 0.206. The second-order valence-corrected chi connectivity index (χ2v) is 4.00. The highest BCUT2D eigenvalue weighted by Crippen LogP contribution is 2.25. The third kappa shape index (κ3) is 2.24. The van der Waals surface area contributed by atoms with Gasteiger partial charge in [-0.3, -0.25) is 5.43 Å². The summed E-state index contributed by atoms with van der Waals surface area (Å²) in [6.07, 6.45) is 3.37. The quantitative estimate of drug-likeness (QED) is 0.697. The zero-order chi connectivity index (χ0) is 9.80. The molecule has 0 amide bonds. The number of rotatable bonds is 2. The molecule has 2 atom stereocenters. The standard InChI is InChI=1S/C10H17N3O/c11-8-9-2-1-3-10(9)12-13-4-6-14-7-5-13/h9-10,12H,1-7H2. The highest BCUT2D eigenvalue weighted by molar-refractivity contribution is 4.96. The zero-order valence-electron chi connectivity index (χ0n) is 8.41. The van der Waals surface area contributed by atoms with Crippen LogP contribution in [0.15, 0.2) is 0 Å². The molecule has 0 spiro atoms. The Hall–Kier alpha value is -0.630. The van der Waals surface area contributed by atoms with E-state index in [0.29, 0.717) is 6.04 Å². The van der Waals surface area contributed by atoms with E-state index in [9.17, 15) is 0 Å². The summed E-state index contributed by atoms with van der Waals surface area (Å²) in [5.74, 6) is 0.206. The molecule has 1 heterocycles. The van der Waals surface area contributed by atoms with Crippen LogP contribution in [0.25, 0.3) is 0 Å². The summed E-state index contributed by atoms with van der Waals surface area (Å²) in [6.45, 7) is 3.48. The van der Waals surface area contributed by atoms with Crippen LogP contribution in [0.1, 0.15) is 19.3 Å². The van der Waals surface area contributed by atoms with Crippen molar-refractivity contribution in [3.63, 3.8) is 0 Å². The topological polar surface area (TPSA) is 48.3 Å². The van der Waals surface area contributed by atoms with E-state index in [1.807, 2.05) is 0 Å². The summed E-state index contributed by atoms with van der Waals surface area (Å²) in [5, 5.41) is 11.1. The van der Waals surface area contributed by atoms with Gasteiger partial charge in [0.15, 0.2) is 0 Å². The number of morpholine rings is 1. The molecule has 4 nitrogen and oxygen atoms in total. The summed E-state index contributed by atoms with van der Waals surface area (Å²) in [6, 6.07) is 2.76. The van der Waals surface area contributed by atoms with Gasteiger partial charge in [-0.15, -0.1) is 0 Å². The molecule has 1 saturated heterocycles. The average Bonchev–Trinajstić information content (AvgIpc) is 2.67. The number of hydrogen-bond acceptors (Lipinski definition) is 4. The van der Waals surface area contributed by atoms with Crippen LogP contribution in [-0.2, 0) is 4.74 Å². The van der Waals surface area contributed by atoms with Crippen molar-refractivity contribution in [3.8, 4) is 6.07 Å². The predicted molar refractivity (Wildman–Crippen MR) is 52.3 cm³/mol. The van der Waals surface area contributed by atoms with Crippen molar-refractivity contribution in [1.29, 1.82) is 5.26 Å². The lowest BCUT2D eigenvalue weighted by Crippen LogP contribution is -2.51. The van der Waals surface area contributed by atoms with Gasteiger partial charge in [0.25, 0.3) is 0 Å². The van der Waals surface area contributed by atoms with Gasteiger partial charge < -0.3 is 4.74 Å². The van der Waals surface area contributed by atoms with Crippen LogP contribution in [0.5, 0.6) is 0 Å². The van der Waals surface area contributed by atoms with Crippen molar-refractivity contribution in [3.05, 3.63) is 0 Å². The second kappa shape index (κ2) is 4.74. The molecule has 0 bridgehead atoms. The van der Waals surface area contributed by atoms with Gasteiger partial charge in [-0.05, 0) is 12.8 Å². The molecule has 1 aliphatic carbocycles. The molecule has 14 heavy (non-hydrogen) atoms. The Kier molecular flexibility index (Phi) is 3.35. The van der Waals surface area contributed by atoms with Gasteiger partial charge in [-0.25, -0.2) is 5.01 Å². The van der Waals surface area contributed by atoms with Crippen LogP contribution < -0.4 is 5.43 Å². The van der Waals surface area contributed by atoms with Crippen LogP contribution in [0.4, 0.5) is 0 Å². The minimum Gasteiger partial charge on any atom is -0.379 e. The Morgan fingerprint density at radius 1 is 1.29 bits per heavy atom. The average molecular weight is 195 g/mol. The third-order valence-corrected chi connectivity index (χ3v) is 3.04. The van der Waals surface area contributed by atoms with Crippen molar-refractivity contribution in [2.45, 2.75) is 25.3 Å². The number of ether oxygens (including phenoxy) is 1. The van der Waals surface area contributed by atoms with Crippen LogP contribution in [0, 0.1) is 17.2 Å². The van der Waals surface area contributed by atoms with Gasteiger partial charge in [0, 0.05) is 19.1 Å². The molecular weight excluding hydrogens is 178 g/mol. The Balaban J connectivity index is 1.81. The number of nitriles is 1.